The van der Waals surface area contributed by atoms with Crippen molar-refractivity contribution in [2.45, 2.75) is 57.2 Å². The number of fused-ring (bicyclic) bond motifs is 2. The number of hydrogen-bond donors (Lipinski definition) is 1. The highest BCUT2D eigenvalue weighted by Crippen LogP contribution is 2.46. The van der Waals surface area contributed by atoms with Crippen LogP contribution in [0.3, 0.4) is 0 Å². The van der Waals surface area contributed by atoms with Crippen LogP contribution in [0.4, 0.5) is 0 Å². The van der Waals surface area contributed by atoms with E-state index >= 15 is 0 Å². The number of nitrogens with zero attached hydrogens (tertiary/aromatic N) is 1. The van der Waals surface area contributed by atoms with Crippen LogP contribution in [0.15, 0.2) is 23.6 Å². The zero-order chi connectivity index (χ0) is 19.1. The summed E-state index contributed by atoms with van der Waals surface area (Å²) < 4.78 is 12.5. The fourth-order valence-electron chi connectivity index (χ4n) is 5.09. The van der Waals surface area contributed by atoms with Gasteiger partial charge < -0.3 is 14.6 Å². The van der Waals surface area contributed by atoms with Crippen LogP contribution in [0.5, 0.6) is 5.75 Å². The molecule has 0 bridgehead atoms. The molecule has 1 aromatic carbocycles. The molecule has 5 rings (SSSR count). The molecule has 28 heavy (non-hydrogen) atoms. The van der Waals surface area contributed by atoms with Gasteiger partial charge in [-0.25, -0.2) is 9.78 Å². The van der Waals surface area contributed by atoms with Crippen molar-refractivity contribution < 1.29 is 19.4 Å². The monoisotopic (exact) mass is 399 g/mol. The minimum absolute atomic E-state index is 0.0595. The van der Waals surface area contributed by atoms with Crippen molar-refractivity contribution in [1.82, 2.24) is 4.98 Å². The summed E-state index contributed by atoms with van der Waals surface area (Å²) in [5.74, 6) is 1.10. The first kappa shape index (κ1) is 18.1. The molecule has 1 saturated carbocycles. The Kier molecular flexibility index (Phi) is 4.85. The van der Waals surface area contributed by atoms with E-state index in [0.717, 1.165) is 43.0 Å². The van der Waals surface area contributed by atoms with Crippen LogP contribution < -0.4 is 4.74 Å². The second-order valence-electron chi connectivity index (χ2n) is 8.21. The molecular weight excluding hydrogens is 374 g/mol. The van der Waals surface area contributed by atoms with Crippen LogP contribution >= 0.6 is 11.3 Å². The van der Waals surface area contributed by atoms with E-state index in [1.54, 1.807) is 5.38 Å². The molecule has 1 saturated heterocycles. The van der Waals surface area contributed by atoms with Gasteiger partial charge in [0.15, 0.2) is 5.69 Å². The third-order valence-corrected chi connectivity index (χ3v) is 7.49. The van der Waals surface area contributed by atoms with Gasteiger partial charge in [-0.3, -0.25) is 0 Å². The molecule has 2 aromatic rings. The molecule has 1 aliphatic heterocycles. The molecule has 4 atom stereocenters. The molecule has 2 aliphatic carbocycles. The summed E-state index contributed by atoms with van der Waals surface area (Å²) >= 11 is 1.39. The zero-order valence-electron chi connectivity index (χ0n) is 15.8. The van der Waals surface area contributed by atoms with Crippen molar-refractivity contribution in [1.29, 1.82) is 0 Å². The third-order valence-electron chi connectivity index (χ3n) is 6.56. The second kappa shape index (κ2) is 7.48. The lowest BCUT2D eigenvalue weighted by Crippen LogP contribution is -2.31. The molecular formula is C22H25NO4S. The highest BCUT2D eigenvalue weighted by molar-refractivity contribution is 7.09. The Morgan fingerprint density at radius 1 is 1.21 bits per heavy atom. The first-order chi connectivity index (χ1) is 13.7. The highest BCUT2D eigenvalue weighted by Gasteiger charge is 2.42. The maximum atomic E-state index is 11.1. The number of aryl methyl sites for hydroxylation is 2. The number of aromatic nitrogens is 1. The van der Waals surface area contributed by atoms with Gasteiger partial charge in [0.2, 0.25) is 0 Å². The predicted molar refractivity (Wildman–Crippen MR) is 106 cm³/mol. The number of carboxylic acid groups (broad SMARTS) is 1. The normalized spacial score (nSPS) is 28.7. The van der Waals surface area contributed by atoms with Crippen LogP contribution in [0.25, 0.3) is 0 Å². The van der Waals surface area contributed by atoms with E-state index in [4.69, 9.17) is 14.6 Å². The van der Waals surface area contributed by atoms with Gasteiger partial charge >= 0.3 is 5.97 Å². The largest absolute Gasteiger partial charge is 0.493 e. The molecule has 6 heteroatoms. The van der Waals surface area contributed by atoms with Crippen LogP contribution in [0.2, 0.25) is 0 Å². The zero-order valence-corrected chi connectivity index (χ0v) is 16.6. The first-order valence-corrected chi connectivity index (χ1v) is 11.1. The topological polar surface area (TPSA) is 68.7 Å². The molecule has 2 heterocycles. The van der Waals surface area contributed by atoms with E-state index in [1.165, 1.54) is 41.7 Å². The number of aromatic carboxylic acids is 1. The van der Waals surface area contributed by atoms with E-state index in [2.05, 4.69) is 23.2 Å². The van der Waals surface area contributed by atoms with Crippen LogP contribution in [-0.2, 0) is 17.6 Å². The van der Waals surface area contributed by atoms with Gasteiger partial charge in [0.05, 0.1) is 12.7 Å². The third kappa shape index (κ3) is 3.44. The molecule has 0 spiro atoms. The number of hydrogen-bond acceptors (Lipinski definition) is 5. The summed E-state index contributed by atoms with van der Waals surface area (Å²) in [7, 11) is 0. The maximum absolute atomic E-state index is 11.1. The molecule has 1 aromatic heterocycles. The summed E-state index contributed by atoms with van der Waals surface area (Å²) in [5.41, 5.74) is 3.06. The van der Waals surface area contributed by atoms with Gasteiger partial charge in [-0.2, -0.15) is 0 Å². The molecule has 3 aliphatic rings. The average molecular weight is 400 g/mol. The minimum Gasteiger partial charge on any atom is -0.493 e. The smallest absolute Gasteiger partial charge is 0.355 e. The lowest BCUT2D eigenvalue weighted by molar-refractivity contribution is -0.0811. The summed E-state index contributed by atoms with van der Waals surface area (Å²) in [4.78, 5) is 15.3. The fourth-order valence-corrected chi connectivity index (χ4v) is 5.95. The highest BCUT2D eigenvalue weighted by atomic mass is 32.1. The first-order valence-electron chi connectivity index (χ1n) is 10.3. The Balaban J connectivity index is 1.18. The van der Waals surface area contributed by atoms with Crippen molar-refractivity contribution in [2.75, 3.05) is 6.61 Å². The number of ether oxygens (including phenoxy) is 2. The molecule has 0 unspecified atom stereocenters. The van der Waals surface area contributed by atoms with Gasteiger partial charge in [0.25, 0.3) is 0 Å². The number of benzene rings is 1. The van der Waals surface area contributed by atoms with Gasteiger partial charge in [-0.1, -0.05) is 6.07 Å². The van der Waals surface area contributed by atoms with Gasteiger partial charge in [0, 0.05) is 5.38 Å². The molecule has 2 fully saturated rings. The van der Waals surface area contributed by atoms with Crippen molar-refractivity contribution in [3.05, 3.63) is 45.4 Å². The molecule has 0 amide bonds. The fraction of sp³-hybridized carbons (Fsp3) is 0.545. The molecule has 0 radical (unpaired) electrons. The lowest BCUT2D eigenvalue weighted by Gasteiger charge is -2.34. The van der Waals surface area contributed by atoms with Gasteiger partial charge in [0.1, 0.15) is 16.9 Å². The summed E-state index contributed by atoms with van der Waals surface area (Å²) in [5, 5.41) is 11.5. The standard InChI is InChI=1S/C22H25NO4S/c24-22(25)18-12-28-21(23-18)20-9-7-17-15(5-8-19(17)27-20)11-26-16-6-4-13-2-1-3-14(13)10-16/h4,6,10,12,15,17,19-20H,1-3,5,7-9,11H2,(H,24,25)/t15-,17-,19+,20-/m1/s1. The van der Waals surface area contributed by atoms with Crippen LogP contribution in [0.1, 0.15) is 64.8 Å². The summed E-state index contributed by atoms with van der Waals surface area (Å²) in [6.07, 6.45) is 8.00. The maximum Gasteiger partial charge on any atom is 0.355 e. The predicted octanol–water partition coefficient (Wildman–Crippen LogP) is 4.66. The Morgan fingerprint density at radius 3 is 2.96 bits per heavy atom. The van der Waals surface area contributed by atoms with Crippen LogP contribution in [-0.4, -0.2) is 28.8 Å². The molecule has 5 nitrogen and oxygen atoms in total. The number of thiazole rings is 1. The van der Waals surface area contributed by atoms with Crippen LogP contribution in [0, 0.1) is 11.8 Å². The Morgan fingerprint density at radius 2 is 2.11 bits per heavy atom. The van der Waals surface area contributed by atoms with E-state index in [1.807, 2.05) is 0 Å². The number of carbonyl (C=O) groups is 1. The van der Waals surface area contributed by atoms with E-state index in [0.29, 0.717) is 11.8 Å². The van der Waals surface area contributed by atoms with Crippen molar-refractivity contribution >= 4 is 17.3 Å². The minimum atomic E-state index is -0.971. The van der Waals surface area contributed by atoms with Crippen molar-refractivity contribution in [2.24, 2.45) is 11.8 Å². The van der Waals surface area contributed by atoms with E-state index in [-0.39, 0.29) is 17.9 Å². The molecule has 1 N–H and O–H groups in total. The average Bonchev–Trinajstić information content (AvgIpc) is 3.44. The van der Waals surface area contributed by atoms with Crippen molar-refractivity contribution in [3.8, 4) is 5.75 Å². The van der Waals surface area contributed by atoms with E-state index < -0.39 is 5.97 Å². The Labute approximate surface area is 168 Å². The summed E-state index contributed by atoms with van der Waals surface area (Å²) in [6.45, 7) is 0.758. The van der Waals surface area contributed by atoms with Crippen molar-refractivity contribution in [3.63, 3.8) is 0 Å². The van der Waals surface area contributed by atoms with E-state index in [9.17, 15) is 4.79 Å². The Bertz CT molecular complexity index is 879. The van der Waals surface area contributed by atoms with Gasteiger partial charge in [-0.05, 0) is 80.0 Å². The number of carboxylic acids is 1. The quantitative estimate of drug-likeness (QED) is 0.792. The van der Waals surface area contributed by atoms with Gasteiger partial charge in [-0.15, -0.1) is 11.3 Å². The lowest BCUT2D eigenvalue weighted by atomic mass is 9.87. The summed E-state index contributed by atoms with van der Waals surface area (Å²) in [6, 6.07) is 6.57. The number of rotatable bonds is 5. The second-order valence-corrected chi connectivity index (χ2v) is 9.10. The SMILES string of the molecule is O=C(O)c1csc([C@H]2CC[C@@H]3[C@@H](COc4ccc5c(c4)CCC5)CC[C@@H]3O2)n1. The Hall–Kier alpha value is -1.92. The molecule has 148 valence electrons.